The van der Waals surface area contributed by atoms with Crippen molar-refractivity contribution >= 4 is 5.78 Å². The van der Waals surface area contributed by atoms with Crippen molar-refractivity contribution in [3.05, 3.63) is 11.9 Å². The number of aryl methyl sites for hydroxylation is 1. The van der Waals surface area contributed by atoms with Gasteiger partial charge in [0.1, 0.15) is 5.78 Å². The molecule has 14 heavy (non-hydrogen) atoms. The van der Waals surface area contributed by atoms with Gasteiger partial charge in [-0.1, -0.05) is 5.21 Å². The van der Waals surface area contributed by atoms with E-state index in [1.54, 1.807) is 17.9 Å². The number of rotatable bonds is 3. The average molecular weight is 195 g/mol. The second kappa shape index (κ2) is 3.88. The number of hydrogen-bond donors (Lipinski definition) is 0. The minimum Gasteiger partial charge on any atom is -0.381 e. The third-order valence-electron chi connectivity index (χ3n) is 2.39. The molecule has 1 aromatic heterocycles. The second-order valence-corrected chi connectivity index (χ2v) is 3.59. The Morgan fingerprint density at radius 1 is 1.79 bits per heavy atom. The number of Topliss-reactive ketones (excluding diaryl/α,β-unsaturated/α-hetero) is 1. The van der Waals surface area contributed by atoms with Gasteiger partial charge in [0.05, 0.1) is 18.7 Å². The molecule has 5 heteroatoms. The van der Waals surface area contributed by atoms with Crippen LogP contribution in [0.25, 0.3) is 0 Å². The first-order valence-electron chi connectivity index (χ1n) is 4.71. The van der Waals surface area contributed by atoms with Crippen LogP contribution in [0.5, 0.6) is 0 Å². The van der Waals surface area contributed by atoms with E-state index >= 15 is 0 Å². The van der Waals surface area contributed by atoms with Crippen molar-refractivity contribution in [3.8, 4) is 0 Å². The molecule has 0 aliphatic carbocycles. The molecule has 1 unspecified atom stereocenters. The fraction of sp³-hybridized carbons (Fsp3) is 0.667. The molecule has 1 saturated heterocycles. The lowest BCUT2D eigenvalue weighted by Gasteiger charge is -2.03. The molecule has 0 saturated carbocycles. The molecule has 0 spiro atoms. The summed E-state index contributed by atoms with van der Waals surface area (Å²) in [6, 6.07) is 0. The summed E-state index contributed by atoms with van der Waals surface area (Å²) in [5, 5.41) is 7.66. The minimum atomic E-state index is 0.0667. The van der Waals surface area contributed by atoms with Crippen molar-refractivity contribution in [2.24, 2.45) is 13.0 Å². The number of carbonyl (C=O) groups excluding carboxylic acids is 1. The van der Waals surface area contributed by atoms with E-state index in [9.17, 15) is 4.79 Å². The summed E-state index contributed by atoms with van der Waals surface area (Å²) in [5.41, 5.74) is 0.740. The van der Waals surface area contributed by atoms with E-state index in [4.69, 9.17) is 4.74 Å². The summed E-state index contributed by atoms with van der Waals surface area (Å²) in [4.78, 5) is 11.7. The maximum atomic E-state index is 11.7. The fourth-order valence-electron chi connectivity index (χ4n) is 1.59. The van der Waals surface area contributed by atoms with E-state index < -0.39 is 0 Å². The minimum absolute atomic E-state index is 0.0667. The van der Waals surface area contributed by atoms with Gasteiger partial charge in [-0.05, 0) is 6.42 Å². The molecule has 0 N–H and O–H groups in total. The molecule has 0 amide bonds. The van der Waals surface area contributed by atoms with Crippen LogP contribution in [0.1, 0.15) is 12.1 Å². The number of carbonyl (C=O) groups is 1. The van der Waals surface area contributed by atoms with Gasteiger partial charge in [0.25, 0.3) is 0 Å². The fourth-order valence-corrected chi connectivity index (χ4v) is 1.59. The van der Waals surface area contributed by atoms with Gasteiger partial charge in [-0.2, -0.15) is 0 Å². The molecule has 0 aromatic carbocycles. The van der Waals surface area contributed by atoms with E-state index in [0.29, 0.717) is 19.6 Å². The van der Waals surface area contributed by atoms with Crippen LogP contribution in [0, 0.1) is 5.92 Å². The van der Waals surface area contributed by atoms with Crippen molar-refractivity contribution in [3.63, 3.8) is 0 Å². The quantitative estimate of drug-likeness (QED) is 0.679. The van der Waals surface area contributed by atoms with Crippen LogP contribution in [-0.4, -0.2) is 34.0 Å². The van der Waals surface area contributed by atoms with Crippen LogP contribution in [0.15, 0.2) is 6.20 Å². The molecule has 2 heterocycles. The molecule has 1 aliphatic rings. The first-order valence-corrected chi connectivity index (χ1v) is 4.71. The van der Waals surface area contributed by atoms with Gasteiger partial charge in [0.2, 0.25) is 0 Å². The topological polar surface area (TPSA) is 57.0 Å². The van der Waals surface area contributed by atoms with Gasteiger partial charge in [-0.15, -0.1) is 5.10 Å². The SMILES string of the molecule is Cn1cc(CC(=O)C2CCOC2)nn1. The predicted molar refractivity (Wildman–Crippen MR) is 48.6 cm³/mol. The van der Waals surface area contributed by atoms with Crippen LogP contribution >= 0.6 is 0 Å². The number of aromatic nitrogens is 3. The Bertz CT molecular complexity index is 329. The highest BCUT2D eigenvalue weighted by atomic mass is 16.5. The van der Waals surface area contributed by atoms with Gasteiger partial charge in [-0.3, -0.25) is 9.48 Å². The maximum Gasteiger partial charge on any atom is 0.144 e. The van der Waals surface area contributed by atoms with Crippen molar-refractivity contribution in [2.75, 3.05) is 13.2 Å². The Balaban J connectivity index is 1.93. The van der Waals surface area contributed by atoms with Gasteiger partial charge in [0, 0.05) is 25.8 Å². The van der Waals surface area contributed by atoms with E-state index in [1.807, 2.05) is 0 Å². The van der Waals surface area contributed by atoms with Crippen molar-refractivity contribution in [1.82, 2.24) is 15.0 Å². The van der Waals surface area contributed by atoms with Gasteiger partial charge in [0.15, 0.2) is 0 Å². The summed E-state index contributed by atoms with van der Waals surface area (Å²) < 4.78 is 6.76. The molecule has 76 valence electrons. The number of ketones is 1. The third kappa shape index (κ3) is 1.98. The summed E-state index contributed by atoms with van der Waals surface area (Å²) in [6.07, 6.45) is 2.99. The Kier molecular flexibility index (Phi) is 2.58. The molecule has 1 atom stereocenters. The highest BCUT2D eigenvalue weighted by Gasteiger charge is 2.23. The lowest BCUT2D eigenvalue weighted by Crippen LogP contribution is -2.16. The lowest BCUT2D eigenvalue weighted by atomic mass is 10.0. The van der Waals surface area contributed by atoms with Crippen LogP contribution in [0.2, 0.25) is 0 Å². The monoisotopic (exact) mass is 195 g/mol. The molecule has 1 fully saturated rings. The second-order valence-electron chi connectivity index (χ2n) is 3.59. The van der Waals surface area contributed by atoms with Crippen molar-refractivity contribution in [2.45, 2.75) is 12.8 Å². The summed E-state index contributed by atoms with van der Waals surface area (Å²) in [6.45, 7) is 1.27. The van der Waals surface area contributed by atoms with E-state index in [2.05, 4.69) is 10.3 Å². The Labute approximate surface area is 82.1 Å². The van der Waals surface area contributed by atoms with Gasteiger partial charge >= 0.3 is 0 Å². The van der Waals surface area contributed by atoms with Crippen LogP contribution < -0.4 is 0 Å². The summed E-state index contributed by atoms with van der Waals surface area (Å²) >= 11 is 0. The Morgan fingerprint density at radius 3 is 3.21 bits per heavy atom. The largest absolute Gasteiger partial charge is 0.381 e. The van der Waals surface area contributed by atoms with Gasteiger partial charge < -0.3 is 4.74 Å². The van der Waals surface area contributed by atoms with E-state index in [0.717, 1.165) is 12.1 Å². The van der Waals surface area contributed by atoms with E-state index in [1.165, 1.54) is 0 Å². The van der Waals surface area contributed by atoms with Crippen molar-refractivity contribution < 1.29 is 9.53 Å². The predicted octanol–water partition coefficient (Wildman–Crippen LogP) is -0.0368. The highest BCUT2D eigenvalue weighted by Crippen LogP contribution is 2.15. The molecule has 0 bridgehead atoms. The molecular formula is C9H13N3O2. The summed E-state index contributed by atoms with van der Waals surface area (Å²) in [7, 11) is 1.79. The van der Waals surface area contributed by atoms with Crippen LogP contribution in [0.4, 0.5) is 0 Å². The molecule has 1 aliphatic heterocycles. The molecule has 2 rings (SSSR count). The highest BCUT2D eigenvalue weighted by molar-refractivity contribution is 5.83. The number of hydrogen-bond acceptors (Lipinski definition) is 4. The smallest absolute Gasteiger partial charge is 0.144 e. The zero-order valence-electron chi connectivity index (χ0n) is 8.14. The van der Waals surface area contributed by atoms with Crippen molar-refractivity contribution in [1.29, 1.82) is 0 Å². The Morgan fingerprint density at radius 2 is 2.64 bits per heavy atom. The average Bonchev–Trinajstić information content (AvgIpc) is 2.75. The molecule has 1 aromatic rings. The van der Waals surface area contributed by atoms with E-state index in [-0.39, 0.29) is 11.7 Å². The number of ether oxygens (including phenoxy) is 1. The standard InChI is InChI=1S/C9H13N3O2/c1-12-5-8(10-11-12)4-9(13)7-2-3-14-6-7/h5,7H,2-4,6H2,1H3. The third-order valence-corrected chi connectivity index (χ3v) is 2.39. The van der Waals surface area contributed by atoms with Crippen LogP contribution in [-0.2, 0) is 23.0 Å². The maximum absolute atomic E-state index is 11.7. The van der Waals surface area contributed by atoms with Crippen LogP contribution in [0.3, 0.4) is 0 Å². The molecule has 0 radical (unpaired) electrons. The Hall–Kier alpha value is -1.23. The summed E-state index contributed by atoms with van der Waals surface area (Å²) in [5.74, 6) is 0.278. The normalized spacial score (nSPS) is 21.4. The molecular weight excluding hydrogens is 182 g/mol. The molecule has 5 nitrogen and oxygen atoms in total. The zero-order valence-corrected chi connectivity index (χ0v) is 8.14. The zero-order chi connectivity index (χ0) is 9.97. The first-order chi connectivity index (χ1) is 6.75. The lowest BCUT2D eigenvalue weighted by molar-refractivity contribution is -0.122. The number of nitrogens with zero attached hydrogens (tertiary/aromatic N) is 3. The first kappa shape index (κ1) is 9.33. The van der Waals surface area contributed by atoms with Gasteiger partial charge in [-0.25, -0.2) is 0 Å².